The Kier molecular flexibility index (Phi) is 4.29. The largest absolute Gasteiger partial charge is 0.469 e. The molecule has 0 aromatic heterocycles. The van der Waals surface area contributed by atoms with Crippen LogP contribution in [0.2, 0.25) is 0 Å². The molecule has 0 aromatic carbocycles. The first-order chi connectivity index (χ1) is 8.26. The second-order valence-electron chi connectivity index (χ2n) is 4.31. The van der Waals surface area contributed by atoms with E-state index >= 15 is 0 Å². The van der Waals surface area contributed by atoms with Gasteiger partial charge in [0, 0.05) is 30.3 Å². The minimum atomic E-state index is -0.125. The van der Waals surface area contributed by atoms with Crippen molar-refractivity contribution in [2.45, 2.75) is 18.9 Å². The van der Waals surface area contributed by atoms with E-state index in [0.717, 1.165) is 12.2 Å². The van der Waals surface area contributed by atoms with E-state index in [1.165, 1.54) is 12.0 Å². The Balaban J connectivity index is 1.67. The molecule has 0 N–H and O–H groups in total. The third kappa shape index (κ3) is 3.13. The third-order valence-corrected chi connectivity index (χ3v) is 4.29. The van der Waals surface area contributed by atoms with E-state index in [9.17, 15) is 4.79 Å². The first kappa shape index (κ1) is 12.7. The standard InChI is InChI=1S/C13H18O3S/c1-15-12(14)4-3-7-17-9-5-6-10-11(8-9)13(10)16-2/h5-6,8,10-11,13H,3-4,7H2,1-2H3/t10-,11?,13?/m0/s1. The lowest BCUT2D eigenvalue weighted by Gasteiger charge is -2.05. The predicted octanol–water partition coefficient (Wildman–Crippen LogP) is 2.39. The van der Waals surface area contributed by atoms with Crippen LogP contribution in [0, 0.1) is 11.8 Å². The number of esters is 1. The zero-order valence-corrected chi connectivity index (χ0v) is 11.0. The second kappa shape index (κ2) is 5.74. The number of carbonyl (C=O) groups is 1. The van der Waals surface area contributed by atoms with Gasteiger partial charge < -0.3 is 9.47 Å². The Morgan fingerprint density at radius 2 is 2.24 bits per heavy atom. The molecule has 3 atom stereocenters. The summed E-state index contributed by atoms with van der Waals surface area (Å²) in [6.45, 7) is 0. The van der Waals surface area contributed by atoms with Crippen LogP contribution in [0.15, 0.2) is 23.1 Å². The van der Waals surface area contributed by atoms with Gasteiger partial charge in [0.25, 0.3) is 0 Å². The second-order valence-corrected chi connectivity index (χ2v) is 5.48. The monoisotopic (exact) mass is 254 g/mol. The number of rotatable bonds is 6. The molecular weight excluding hydrogens is 236 g/mol. The van der Waals surface area contributed by atoms with Gasteiger partial charge in [-0.3, -0.25) is 4.79 Å². The molecule has 0 bridgehead atoms. The van der Waals surface area contributed by atoms with Crippen LogP contribution in [0.1, 0.15) is 12.8 Å². The summed E-state index contributed by atoms with van der Waals surface area (Å²) >= 11 is 1.80. The fourth-order valence-corrected chi connectivity index (χ4v) is 3.10. The maximum Gasteiger partial charge on any atom is 0.305 e. The lowest BCUT2D eigenvalue weighted by Crippen LogP contribution is -2.00. The zero-order valence-electron chi connectivity index (χ0n) is 10.2. The van der Waals surface area contributed by atoms with Gasteiger partial charge >= 0.3 is 5.97 Å². The molecule has 2 aliphatic carbocycles. The molecule has 1 saturated carbocycles. The maximum absolute atomic E-state index is 10.9. The first-order valence-corrected chi connectivity index (χ1v) is 6.87. The van der Waals surface area contributed by atoms with E-state index in [0.29, 0.717) is 24.4 Å². The fraction of sp³-hybridized carbons (Fsp3) is 0.615. The van der Waals surface area contributed by atoms with Gasteiger partial charge in [0.2, 0.25) is 0 Å². The summed E-state index contributed by atoms with van der Waals surface area (Å²) in [6.07, 6.45) is 8.46. The highest BCUT2D eigenvalue weighted by molar-refractivity contribution is 8.03. The maximum atomic E-state index is 10.9. The average Bonchev–Trinajstić information content (AvgIpc) is 3.06. The van der Waals surface area contributed by atoms with E-state index in [4.69, 9.17) is 4.74 Å². The summed E-state index contributed by atoms with van der Waals surface area (Å²) in [6, 6.07) is 0. The zero-order chi connectivity index (χ0) is 12.3. The summed E-state index contributed by atoms with van der Waals surface area (Å²) in [7, 11) is 3.20. The van der Waals surface area contributed by atoms with Crippen molar-refractivity contribution in [3.05, 3.63) is 23.1 Å². The van der Waals surface area contributed by atoms with Gasteiger partial charge in [0.15, 0.2) is 0 Å². The topological polar surface area (TPSA) is 35.5 Å². The molecule has 0 amide bonds. The van der Waals surface area contributed by atoms with Gasteiger partial charge in [-0.15, -0.1) is 11.8 Å². The number of thioether (sulfide) groups is 1. The highest BCUT2D eigenvalue weighted by Crippen LogP contribution is 2.48. The lowest BCUT2D eigenvalue weighted by atomic mass is 10.2. The average molecular weight is 254 g/mol. The molecule has 0 aliphatic heterocycles. The summed E-state index contributed by atoms with van der Waals surface area (Å²) in [4.78, 5) is 12.2. The molecule has 1 fully saturated rings. The smallest absolute Gasteiger partial charge is 0.305 e. The summed E-state index contributed by atoms with van der Waals surface area (Å²) in [5.41, 5.74) is 0. The van der Waals surface area contributed by atoms with Crippen molar-refractivity contribution in [2.24, 2.45) is 11.8 Å². The van der Waals surface area contributed by atoms with Gasteiger partial charge in [-0.1, -0.05) is 18.2 Å². The van der Waals surface area contributed by atoms with Crippen molar-refractivity contribution < 1.29 is 14.3 Å². The Morgan fingerprint density at radius 3 is 2.94 bits per heavy atom. The molecule has 94 valence electrons. The van der Waals surface area contributed by atoms with Gasteiger partial charge in [0.1, 0.15) is 0 Å². The minimum absolute atomic E-state index is 0.125. The minimum Gasteiger partial charge on any atom is -0.469 e. The molecule has 0 heterocycles. The van der Waals surface area contributed by atoms with E-state index in [1.807, 2.05) is 0 Å². The highest BCUT2D eigenvalue weighted by Gasteiger charge is 2.48. The highest BCUT2D eigenvalue weighted by atomic mass is 32.2. The quantitative estimate of drug-likeness (QED) is 0.538. The third-order valence-electron chi connectivity index (χ3n) is 3.20. The van der Waals surface area contributed by atoms with Gasteiger partial charge in [-0.2, -0.15) is 0 Å². The Hall–Kier alpha value is -0.740. The number of allylic oxidation sites excluding steroid dienone is 1. The predicted molar refractivity (Wildman–Crippen MR) is 68.7 cm³/mol. The van der Waals surface area contributed by atoms with Crippen LogP contribution < -0.4 is 0 Å². The molecule has 2 unspecified atom stereocenters. The summed E-state index contributed by atoms with van der Waals surface area (Å²) in [5.74, 6) is 2.01. The molecule has 2 aliphatic rings. The van der Waals surface area contributed by atoms with Crippen molar-refractivity contribution in [1.82, 2.24) is 0 Å². The van der Waals surface area contributed by atoms with Crippen LogP contribution in [0.5, 0.6) is 0 Å². The normalized spacial score (nSPS) is 29.5. The van der Waals surface area contributed by atoms with Gasteiger partial charge in [0.05, 0.1) is 13.2 Å². The lowest BCUT2D eigenvalue weighted by molar-refractivity contribution is -0.140. The van der Waals surface area contributed by atoms with Crippen molar-refractivity contribution >= 4 is 17.7 Å². The molecule has 3 nitrogen and oxygen atoms in total. The number of carbonyl (C=O) groups excluding carboxylic acids is 1. The Bertz CT molecular complexity index is 349. The number of hydrogen-bond donors (Lipinski definition) is 0. The van der Waals surface area contributed by atoms with E-state index < -0.39 is 0 Å². The van der Waals surface area contributed by atoms with Crippen molar-refractivity contribution in [3.63, 3.8) is 0 Å². The number of ether oxygens (including phenoxy) is 2. The van der Waals surface area contributed by atoms with Crippen LogP contribution in [0.25, 0.3) is 0 Å². The van der Waals surface area contributed by atoms with Gasteiger partial charge in [-0.25, -0.2) is 0 Å². The van der Waals surface area contributed by atoms with E-state index in [1.54, 1.807) is 18.9 Å². The van der Waals surface area contributed by atoms with Crippen molar-refractivity contribution in [1.29, 1.82) is 0 Å². The summed E-state index contributed by atoms with van der Waals surface area (Å²) < 4.78 is 9.96. The van der Waals surface area contributed by atoms with Crippen molar-refractivity contribution in [2.75, 3.05) is 20.0 Å². The van der Waals surface area contributed by atoms with Crippen LogP contribution in [-0.2, 0) is 14.3 Å². The van der Waals surface area contributed by atoms with Crippen LogP contribution in [0.4, 0.5) is 0 Å². The number of hydrogen-bond acceptors (Lipinski definition) is 4. The number of methoxy groups -OCH3 is 2. The molecule has 17 heavy (non-hydrogen) atoms. The molecule has 2 rings (SSSR count). The molecule has 0 spiro atoms. The first-order valence-electron chi connectivity index (χ1n) is 5.88. The van der Waals surface area contributed by atoms with E-state index in [2.05, 4.69) is 23.0 Å². The van der Waals surface area contributed by atoms with Crippen LogP contribution in [0.3, 0.4) is 0 Å². The Morgan fingerprint density at radius 1 is 1.41 bits per heavy atom. The van der Waals surface area contributed by atoms with Gasteiger partial charge in [-0.05, 0) is 12.2 Å². The molecule has 4 heteroatoms. The number of fused-ring (bicyclic) bond motifs is 1. The molecule has 0 saturated heterocycles. The van der Waals surface area contributed by atoms with Crippen LogP contribution >= 0.6 is 11.8 Å². The SMILES string of the molecule is COC(=O)CCCSC1=CC2C(OC)[C@H]2C=C1. The molecule has 0 radical (unpaired) electrons. The Labute approximate surface area is 106 Å². The summed E-state index contributed by atoms with van der Waals surface area (Å²) in [5, 5.41) is 0. The van der Waals surface area contributed by atoms with Crippen molar-refractivity contribution in [3.8, 4) is 0 Å². The fourth-order valence-electron chi connectivity index (χ4n) is 2.14. The molecule has 0 aromatic rings. The van der Waals surface area contributed by atoms with Crippen LogP contribution in [-0.4, -0.2) is 32.0 Å². The molecular formula is C13H18O3S. The van der Waals surface area contributed by atoms with E-state index in [-0.39, 0.29) is 5.97 Å².